The summed E-state index contributed by atoms with van der Waals surface area (Å²) in [6, 6.07) is 11.2. The first-order valence-corrected chi connectivity index (χ1v) is 6.74. The van der Waals surface area contributed by atoms with E-state index in [0.29, 0.717) is 13.1 Å². The van der Waals surface area contributed by atoms with Gasteiger partial charge in [0.25, 0.3) is 0 Å². The van der Waals surface area contributed by atoms with E-state index in [9.17, 15) is 4.79 Å². The number of hydrogen-bond acceptors (Lipinski definition) is 3. The van der Waals surface area contributed by atoms with E-state index in [0.717, 1.165) is 5.56 Å². The second kappa shape index (κ2) is 8.44. The van der Waals surface area contributed by atoms with Crippen molar-refractivity contribution in [1.29, 1.82) is 0 Å². The van der Waals surface area contributed by atoms with Crippen LogP contribution in [0.2, 0.25) is 0 Å². The molecule has 0 aliphatic heterocycles. The van der Waals surface area contributed by atoms with Crippen molar-refractivity contribution < 1.29 is 4.79 Å². The summed E-state index contributed by atoms with van der Waals surface area (Å²) in [7, 11) is 0. The van der Waals surface area contributed by atoms with Crippen LogP contribution in [0.3, 0.4) is 0 Å². The summed E-state index contributed by atoms with van der Waals surface area (Å²) >= 11 is 0. The standard InChI is InChI=1S/C15H20N4O.ClH/c1-12(14(16)13-6-3-2-4-7-13)15(20)17-9-11-19-10-5-8-18-19;/h2-8,10,12,14H,9,11,16H2,1H3,(H,17,20);1H. The predicted octanol–water partition coefficient (Wildman–Crippen LogP) is 1.76. The Morgan fingerprint density at radius 3 is 2.67 bits per heavy atom. The molecule has 21 heavy (non-hydrogen) atoms. The van der Waals surface area contributed by atoms with E-state index in [-0.39, 0.29) is 30.3 Å². The van der Waals surface area contributed by atoms with E-state index in [1.54, 1.807) is 10.9 Å². The molecular weight excluding hydrogens is 288 g/mol. The maximum absolute atomic E-state index is 12.1. The molecule has 0 aliphatic carbocycles. The number of rotatable bonds is 6. The topological polar surface area (TPSA) is 72.9 Å². The lowest BCUT2D eigenvalue weighted by Gasteiger charge is -2.19. The molecule has 0 saturated carbocycles. The molecule has 0 spiro atoms. The molecule has 0 fully saturated rings. The molecule has 1 amide bonds. The summed E-state index contributed by atoms with van der Waals surface area (Å²) in [5.41, 5.74) is 7.10. The summed E-state index contributed by atoms with van der Waals surface area (Å²) in [6.07, 6.45) is 3.58. The van der Waals surface area contributed by atoms with Crippen LogP contribution < -0.4 is 11.1 Å². The fourth-order valence-corrected chi connectivity index (χ4v) is 2.01. The van der Waals surface area contributed by atoms with Crippen LogP contribution in [-0.2, 0) is 11.3 Å². The maximum atomic E-state index is 12.1. The summed E-state index contributed by atoms with van der Waals surface area (Å²) in [6.45, 7) is 3.05. The first-order valence-electron chi connectivity index (χ1n) is 6.74. The molecule has 0 bridgehead atoms. The van der Waals surface area contributed by atoms with Gasteiger partial charge in [-0.2, -0.15) is 5.10 Å². The van der Waals surface area contributed by atoms with Crippen molar-refractivity contribution in [2.24, 2.45) is 11.7 Å². The van der Waals surface area contributed by atoms with Crippen LogP contribution >= 0.6 is 12.4 Å². The molecule has 2 atom stereocenters. The van der Waals surface area contributed by atoms with Gasteiger partial charge in [0.05, 0.1) is 12.5 Å². The summed E-state index contributed by atoms with van der Waals surface area (Å²) in [5.74, 6) is -0.302. The lowest BCUT2D eigenvalue weighted by molar-refractivity contribution is -0.125. The lowest BCUT2D eigenvalue weighted by Crippen LogP contribution is -2.37. The predicted molar refractivity (Wildman–Crippen MR) is 85.0 cm³/mol. The van der Waals surface area contributed by atoms with E-state index in [1.807, 2.05) is 49.5 Å². The molecule has 1 aromatic carbocycles. The second-order valence-electron chi connectivity index (χ2n) is 4.79. The minimum absolute atomic E-state index is 0. The van der Waals surface area contributed by atoms with Crippen LogP contribution in [0.1, 0.15) is 18.5 Å². The van der Waals surface area contributed by atoms with Gasteiger partial charge in [-0.1, -0.05) is 37.3 Å². The normalized spacial score (nSPS) is 13.0. The number of carbonyl (C=O) groups excluding carboxylic acids is 1. The van der Waals surface area contributed by atoms with E-state index >= 15 is 0 Å². The zero-order chi connectivity index (χ0) is 14.4. The Bertz CT molecular complexity index is 530. The third-order valence-electron chi connectivity index (χ3n) is 3.34. The molecule has 3 N–H and O–H groups in total. The van der Waals surface area contributed by atoms with E-state index < -0.39 is 0 Å². The Morgan fingerprint density at radius 1 is 1.33 bits per heavy atom. The van der Waals surface area contributed by atoms with Crippen LogP contribution in [0.25, 0.3) is 0 Å². The molecule has 114 valence electrons. The Kier molecular flexibility index (Phi) is 6.91. The SMILES string of the molecule is CC(C(=O)NCCn1cccn1)C(N)c1ccccc1.Cl. The molecule has 1 heterocycles. The van der Waals surface area contributed by atoms with Crippen molar-refractivity contribution in [3.05, 3.63) is 54.4 Å². The minimum Gasteiger partial charge on any atom is -0.354 e. The minimum atomic E-state index is -0.291. The van der Waals surface area contributed by atoms with Crippen molar-refractivity contribution in [3.8, 4) is 0 Å². The van der Waals surface area contributed by atoms with E-state index in [2.05, 4.69) is 10.4 Å². The van der Waals surface area contributed by atoms with Crippen LogP contribution in [0, 0.1) is 5.92 Å². The van der Waals surface area contributed by atoms with Crippen molar-refractivity contribution >= 4 is 18.3 Å². The highest BCUT2D eigenvalue weighted by molar-refractivity contribution is 5.85. The number of amides is 1. The second-order valence-corrected chi connectivity index (χ2v) is 4.79. The van der Waals surface area contributed by atoms with Crippen LogP contribution in [0.5, 0.6) is 0 Å². The first kappa shape index (κ1) is 17.2. The highest BCUT2D eigenvalue weighted by Crippen LogP contribution is 2.18. The Morgan fingerprint density at radius 2 is 2.05 bits per heavy atom. The average Bonchev–Trinajstić information content (AvgIpc) is 2.99. The number of nitrogens with one attached hydrogen (secondary N) is 1. The fraction of sp³-hybridized carbons (Fsp3) is 0.333. The van der Waals surface area contributed by atoms with E-state index in [1.165, 1.54) is 0 Å². The number of nitrogens with zero attached hydrogens (tertiary/aromatic N) is 2. The molecule has 0 aliphatic rings. The maximum Gasteiger partial charge on any atom is 0.224 e. The van der Waals surface area contributed by atoms with Crippen molar-refractivity contribution in [2.45, 2.75) is 19.5 Å². The van der Waals surface area contributed by atoms with Crippen molar-refractivity contribution in [2.75, 3.05) is 6.54 Å². The van der Waals surface area contributed by atoms with Gasteiger partial charge in [-0.05, 0) is 11.6 Å². The average molecular weight is 309 g/mol. The van der Waals surface area contributed by atoms with Crippen LogP contribution in [0.15, 0.2) is 48.8 Å². The van der Waals surface area contributed by atoms with E-state index in [4.69, 9.17) is 5.73 Å². The number of carbonyl (C=O) groups is 1. The van der Waals surface area contributed by atoms with Gasteiger partial charge in [-0.15, -0.1) is 12.4 Å². The van der Waals surface area contributed by atoms with Gasteiger partial charge in [0.15, 0.2) is 0 Å². The van der Waals surface area contributed by atoms with Gasteiger partial charge < -0.3 is 11.1 Å². The zero-order valence-electron chi connectivity index (χ0n) is 12.0. The van der Waals surface area contributed by atoms with Crippen LogP contribution in [0.4, 0.5) is 0 Å². The molecule has 1 aromatic heterocycles. The molecule has 2 rings (SSSR count). The van der Waals surface area contributed by atoms with Crippen molar-refractivity contribution in [3.63, 3.8) is 0 Å². The third kappa shape index (κ3) is 4.88. The van der Waals surface area contributed by atoms with Gasteiger partial charge in [-0.25, -0.2) is 0 Å². The van der Waals surface area contributed by atoms with Crippen molar-refractivity contribution in [1.82, 2.24) is 15.1 Å². The number of halogens is 1. The number of aromatic nitrogens is 2. The Hall–Kier alpha value is -1.85. The summed E-state index contributed by atoms with van der Waals surface area (Å²) in [5, 5.41) is 6.97. The molecular formula is C15H21ClN4O. The smallest absolute Gasteiger partial charge is 0.224 e. The number of hydrogen-bond donors (Lipinski definition) is 2. The zero-order valence-corrected chi connectivity index (χ0v) is 12.8. The molecule has 5 nitrogen and oxygen atoms in total. The Labute approximate surface area is 130 Å². The molecule has 2 aromatic rings. The van der Waals surface area contributed by atoms with Gasteiger partial charge >= 0.3 is 0 Å². The largest absolute Gasteiger partial charge is 0.354 e. The first-order chi connectivity index (χ1) is 9.68. The number of nitrogens with two attached hydrogens (primary N) is 1. The lowest BCUT2D eigenvalue weighted by atomic mass is 9.95. The molecule has 0 saturated heterocycles. The highest BCUT2D eigenvalue weighted by atomic mass is 35.5. The molecule has 6 heteroatoms. The fourth-order valence-electron chi connectivity index (χ4n) is 2.01. The highest BCUT2D eigenvalue weighted by Gasteiger charge is 2.21. The Balaban J connectivity index is 0.00000220. The quantitative estimate of drug-likeness (QED) is 0.854. The number of benzene rings is 1. The summed E-state index contributed by atoms with van der Waals surface area (Å²) < 4.78 is 1.78. The van der Waals surface area contributed by atoms with Gasteiger partial charge in [0, 0.05) is 25.0 Å². The van der Waals surface area contributed by atoms with Crippen LogP contribution in [-0.4, -0.2) is 22.2 Å². The van der Waals surface area contributed by atoms with Gasteiger partial charge in [-0.3, -0.25) is 9.48 Å². The monoisotopic (exact) mass is 308 g/mol. The summed E-state index contributed by atoms with van der Waals surface area (Å²) in [4.78, 5) is 12.1. The van der Waals surface area contributed by atoms with Gasteiger partial charge in [0.2, 0.25) is 5.91 Å². The third-order valence-corrected chi connectivity index (χ3v) is 3.34. The molecule has 2 unspecified atom stereocenters. The van der Waals surface area contributed by atoms with Gasteiger partial charge in [0.1, 0.15) is 0 Å². The molecule has 0 radical (unpaired) electrons.